The van der Waals surface area contributed by atoms with Gasteiger partial charge in [0.15, 0.2) is 0 Å². The minimum absolute atomic E-state index is 0. The predicted octanol–water partition coefficient (Wildman–Crippen LogP) is 3.10. The number of unbranched alkanes of at least 4 members (excludes halogenated alkanes) is 9. The zero-order valence-corrected chi connectivity index (χ0v) is 11.8. The van der Waals surface area contributed by atoms with Gasteiger partial charge in [-0.2, -0.15) is 0 Å². The zero-order valence-electron chi connectivity index (χ0n) is 10.9. The molecule has 0 aliphatic rings. The van der Waals surface area contributed by atoms with Crippen molar-refractivity contribution >= 4 is 30.9 Å². The van der Waals surface area contributed by atoms with Gasteiger partial charge in [-0.1, -0.05) is 64.7 Å². The molecule has 2 N–H and O–H groups in total. The molecule has 0 aromatic carbocycles. The van der Waals surface area contributed by atoms with Crippen molar-refractivity contribution < 1.29 is 18.9 Å². The third-order valence-electron chi connectivity index (χ3n) is 2.76. The summed E-state index contributed by atoms with van der Waals surface area (Å²) in [5.41, 5.74) is 0. The summed E-state index contributed by atoms with van der Waals surface area (Å²) >= 11 is 0. The van der Waals surface area contributed by atoms with Crippen molar-refractivity contribution in [3.05, 3.63) is 0 Å². The summed E-state index contributed by atoms with van der Waals surface area (Å²) in [6.07, 6.45) is 12.0. The van der Waals surface area contributed by atoms with Crippen LogP contribution in [0, 0.1) is 0 Å². The fourth-order valence-corrected chi connectivity index (χ4v) is 2.14. The highest BCUT2D eigenvalue weighted by atomic mass is 31.2. The first-order chi connectivity index (χ1) is 8.06. The molecule has 0 aliphatic heterocycles. The van der Waals surface area contributed by atoms with Crippen LogP contribution in [0.2, 0.25) is 0 Å². The molecule has 0 saturated heterocycles. The number of hydrogen-bond acceptors (Lipinski definition) is 2. The quantitative estimate of drug-likeness (QED) is 0.329. The van der Waals surface area contributed by atoms with Crippen molar-refractivity contribution in [3.8, 4) is 0 Å². The fourth-order valence-electron chi connectivity index (χ4n) is 1.77. The molecular formula is C12H29MgO4P. The molecule has 0 bridgehead atoms. The fraction of sp³-hybridized carbons (Fsp3) is 1.00. The minimum Gasteiger partial charge on any atom is -0.303 e. The SMILES string of the molecule is CCCCCCCCCCCCOP(=O)(O)O.[MgH2]. The summed E-state index contributed by atoms with van der Waals surface area (Å²) in [5, 5.41) is 0. The highest BCUT2D eigenvalue weighted by molar-refractivity contribution is 7.46. The summed E-state index contributed by atoms with van der Waals surface area (Å²) in [6, 6.07) is 0. The van der Waals surface area contributed by atoms with Crippen LogP contribution in [0.1, 0.15) is 71.1 Å². The summed E-state index contributed by atoms with van der Waals surface area (Å²) in [7, 11) is -4.24. The number of phosphoric acid groups is 1. The lowest BCUT2D eigenvalue weighted by molar-refractivity contribution is 0.193. The van der Waals surface area contributed by atoms with Crippen LogP contribution in [0.5, 0.6) is 0 Å². The molecule has 0 fully saturated rings. The van der Waals surface area contributed by atoms with Crippen molar-refractivity contribution in [2.24, 2.45) is 0 Å². The van der Waals surface area contributed by atoms with Crippen LogP contribution in [0.25, 0.3) is 0 Å². The standard InChI is InChI=1S/C12H27O4P.Mg.2H/c1-2-3-4-5-6-7-8-9-10-11-12-16-17(13,14)15;;;/h2-12H2,1H3,(H2,13,14,15);;;. The minimum atomic E-state index is -4.24. The first-order valence-electron chi connectivity index (χ1n) is 6.76. The van der Waals surface area contributed by atoms with Crippen LogP contribution in [0.3, 0.4) is 0 Å². The topological polar surface area (TPSA) is 66.8 Å². The van der Waals surface area contributed by atoms with Gasteiger partial charge in [-0.3, -0.25) is 4.52 Å². The largest absolute Gasteiger partial charge is 0.469 e. The summed E-state index contributed by atoms with van der Waals surface area (Å²) < 4.78 is 14.7. The Balaban J connectivity index is 0. The van der Waals surface area contributed by atoms with Crippen LogP contribution >= 0.6 is 7.82 Å². The van der Waals surface area contributed by atoms with Gasteiger partial charge < -0.3 is 9.79 Å². The Bertz CT molecular complexity index is 208. The van der Waals surface area contributed by atoms with Gasteiger partial charge in [0, 0.05) is 0 Å². The molecule has 4 nitrogen and oxygen atoms in total. The van der Waals surface area contributed by atoms with Crippen molar-refractivity contribution in [2.45, 2.75) is 71.1 Å². The zero-order chi connectivity index (χ0) is 13.0. The van der Waals surface area contributed by atoms with Crippen LogP contribution < -0.4 is 0 Å². The van der Waals surface area contributed by atoms with E-state index < -0.39 is 7.82 Å². The molecule has 0 rings (SSSR count). The van der Waals surface area contributed by atoms with Crippen molar-refractivity contribution in [1.29, 1.82) is 0 Å². The van der Waals surface area contributed by atoms with Crippen LogP contribution in [0.15, 0.2) is 0 Å². The van der Waals surface area contributed by atoms with Gasteiger partial charge >= 0.3 is 30.9 Å². The van der Waals surface area contributed by atoms with Gasteiger partial charge in [-0.25, -0.2) is 4.57 Å². The third kappa shape index (κ3) is 19.2. The lowest BCUT2D eigenvalue weighted by atomic mass is 10.1. The molecule has 108 valence electrons. The monoisotopic (exact) mass is 292 g/mol. The number of phosphoric ester groups is 1. The van der Waals surface area contributed by atoms with Gasteiger partial charge in [0.05, 0.1) is 6.61 Å². The van der Waals surface area contributed by atoms with Crippen molar-refractivity contribution in [3.63, 3.8) is 0 Å². The first kappa shape index (κ1) is 21.2. The second kappa shape index (κ2) is 14.3. The van der Waals surface area contributed by atoms with E-state index in [2.05, 4.69) is 11.4 Å². The molecule has 0 radical (unpaired) electrons. The van der Waals surface area contributed by atoms with Crippen LogP contribution in [-0.4, -0.2) is 39.4 Å². The van der Waals surface area contributed by atoms with Gasteiger partial charge in [0.25, 0.3) is 0 Å². The molecule has 0 heterocycles. The van der Waals surface area contributed by atoms with E-state index in [1.54, 1.807) is 0 Å². The Morgan fingerprint density at radius 3 is 1.61 bits per heavy atom. The van der Waals surface area contributed by atoms with Gasteiger partial charge in [0.2, 0.25) is 0 Å². The van der Waals surface area contributed by atoms with E-state index in [9.17, 15) is 4.57 Å². The summed E-state index contributed by atoms with van der Waals surface area (Å²) in [5.74, 6) is 0. The maximum absolute atomic E-state index is 10.4. The smallest absolute Gasteiger partial charge is 0.303 e. The lowest BCUT2D eigenvalue weighted by Crippen LogP contribution is -1.92. The average molecular weight is 293 g/mol. The number of hydrogen-bond donors (Lipinski definition) is 2. The van der Waals surface area contributed by atoms with E-state index in [-0.39, 0.29) is 29.7 Å². The van der Waals surface area contributed by atoms with Crippen molar-refractivity contribution in [1.82, 2.24) is 0 Å². The molecule has 0 aromatic heterocycles. The van der Waals surface area contributed by atoms with Gasteiger partial charge in [0.1, 0.15) is 0 Å². The maximum atomic E-state index is 10.4. The highest BCUT2D eigenvalue weighted by Crippen LogP contribution is 2.35. The van der Waals surface area contributed by atoms with E-state index in [0.717, 1.165) is 19.3 Å². The molecule has 18 heavy (non-hydrogen) atoms. The molecule has 0 atom stereocenters. The normalized spacial score (nSPS) is 11.3. The van der Waals surface area contributed by atoms with Crippen LogP contribution in [-0.2, 0) is 9.09 Å². The molecule has 0 aliphatic carbocycles. The second-order valence-electron chi connectivity index (χ2n) is 4.51. The molecule has 6 heteroatoms. The second-order valence-corrected chi connectivity index (χ2v) is 5.75. The Labute approximate surface area is 127 Å². The Kier molecular flexibility index (Phi) is 16.8. The van der Waals surface area contributed by atoms with E-state index in [4.69, 9.17) is 9.79 Å². The number of rotatable bonds is 12. The van der Waals surface area contributed by atoms with Crippen LogP contribution in [0.4, 0.5) is 0 Å². The molecule has 0 amide bonds. The Hall–Kier alpha value is 0.876. The summed E-state index contributed by atoms with van der Waals surface area (Å²) in [4.78, 5) is 16.9. The van der Waals surface area contributed by atoms with Crippen molar-refractivity contribution in [2.75, 3.05) is 6.61 Å². The maximum Gasteiger partial charge on any atom is 0.469 e. The Morgan fingerprint density at radius 1 is 0.833 bits per heavy atom. The molecule has 0 aromatic rings. The van der Waals surface area contributed by atoms with E-state index in [0.29, 0.717) is 0 Å². The van der Waals surface area contributed by atoms with E-state index in [1.165, 1.54) is 44.9 Å². The molecule has 0 spiro atoms. The van der Waals surface area contributed by atoms with E-state index >= 15 is 0 Å². The summed E-state index contributed by atoms with van der Waals surface area (Å²) in [6.45, 7) is 2.39. The van der Waals surface area contributed by atoms with Gasteiger partial charge in [-0.15, -0.1) is 0 Å². The molecule has 0 saturated carbocycles. The third-order valence-corrected chi connectivity index (χ3v) is 3.28. The predicted molar refractivity (Wildman–Crippen MR) is 78.4 cm³/mol. The molecule has 0 unspecified atom stereocenters. The van der Waals surface area contributed by atoms with Gasteiger partial charge in [-0.05, 0) is 6.42 Å². The van der Waals surface area contributed by atoms with E-state index in [1.807, 2.05) is 0 Å². The highest BCUT2D eigenvalue weighted by Gasteiger charge is 2.12. The Morgan fingerprint density at radius 2 is 1.22 bits per heavy atom. The lowest BCUT2D eigenvalue weighted by Gasteiger charge is -2.05. The average Bonchev–Trinajstić information content (AvgIpc) is 2.24. The molecular weight excluding hydrogens is 263 g/mol. The first-order valence-corrected chi connectivity index (χ1v) is 8.29.